The Labute approximate surface area is 172 Å². The second-order valence-electron chi connectivity index (χ2n) is 6.53. The fourth-order valence-electron chi connectivity index (χ4n) is 2.97. The van der Waals surface area contributed by atoms with Gasteiger partial charge in [0.2, 0.25) is 10.0 Å². The number of nitrogens with zero attached hydrogens (tertiary/aromatic N) is 2. The highest BCUT2D eigenvalue weighted by Gasteiger charge is 2.30. The van der Waals surface area contributed by atoms with Gasteiger partial charge in [0.25, 0.3) is 11.8 Å². The minimum atomic E-state index is -3.84. The number of nitro benzene ring substituents is 1. The number of imide groups is 1. The summed E-state index contributed by atoms with van der Waals surface area (Å²) in [4.78, 5) is 34.3. The number of carbonyl (C=O) groups excluding carboxylic acids is 2. The van der Waals surface area contributed by atoms with Crippen LogP contribution in [0.3, 0.4) is 0 Å². The molecule has 1 heterocycles. The van der Waals surface area contributed by atoms with Crippen LogP contribution in [0.4, 0.5) is 5.69 Å². The van der Waals surface area contributed by atoms with Crippen LogP contribution in [0.5, 0.6) is 5.75 Å². The van der Waals surface area contributed by atoms with E-state index in [9.17, 15) is 28.1 Å². The molecule has 0 bridgehead atoms. The van der Waals surface area contributed by atoms with Gasteiger partial charge in [0.15, 0.2) is 12.4 Å². The minimum absolute atomic E-state index is 0.216. The van der Waals surface area contributed by atoms with Gasteiger partial charge in [-0.05, 0) is 37.1 Å². The first-order chi connectivity index (χ1) is 14.3. The number of ether oxygens (including phenoxy) is 1. The van der Waals surface area contributed by atoms with Gasteiger partial charge in [-0.25, -0.2) is 8.42 Å². The molecule has 0 aromatic heterocycles. The Morgan fingerprint density at radius 3 is 2.40 bits per heavy atom. The van der Waals surface area contributed by atoms with Crippen LogP contribution in [0.2, 0.25) is 0 Å². The lowest BCUT2D eigenvalue weighted by Gasteiger charge is -2.15. The molecule has 30 heavy (non-hydrogen) atoms. The molecular formula is C19H19N3O7S. The van der Waals surface area contributed by atoms with Crippen LogP contribution < -0.4 is 10.1 Å². The zero-order valence-electron chi connectivity index (χ0n) is 15.8. The first-order valence-electron chi connectivity index (χ1n) is 9.09. The maximum absolute atomic E-state index is 12.6. The SMILES string of the molecule is O=C(COc1ccc(S(=O)(=O)N2CCCC2)cc1[N+](=O)[O-])NC(=O)c1ccccc1. The van der Waals surface area contributed by atoms with Crippen LogP contribution in [0.15, 0.2) is 53.4 Å². The van der Waals surface area contributed by atoms with Crippen molar-refractivity contribution in [2.45, 2.75) is 17.7 Å². The monoisotopic (exact) mass is 433 g/mol. The smallest absolute Gasteiger partial charge is 0.312 e. The third-order valence-electron chi connectivity index (χ3n) is 4.48. The molecular weight excluding hydrogens is 414 g/mol. The zero-order chi connectivity index (χ0) is 21.7. The van der Waals surface area contributed by atoms with E-state index in [0.29, 0.717) is 13.1 Å². The number of hydrogen-bond acceptors (Lipinski definition) is 7. The van der Waals surface area contributed by atoms with E-state index < -0.39 is 39.1 Å². The predicted molar refractivity (Wildman–Crippen MR) is 105 cm³/mol. The summed E-state index contributed by atoms with van der Waals surface area (Å²) in [5, 5.41) is 13.5. The van der Waals surface area contributed by atoms with Crippen LogP contribution in [-0.4, -0.2) is 49.2 Å². The molecule has 1 fully saturated rings. The third kappa shape index (κ3) is 4.81. The van der Waals surface area contributed by atoms with E-state index in [2.05, 4.69) is 5.32 Å². The minimum Gasteiger partial charge on any atom is -0.477 e. The molecule has 1 saturated heterocycles. The number of rotatable bonds is 7. The van der Waals surface area contributed by atoms with Crippen molar-refractivity contribution in [3.63, 3.8) is 0 Å². The van der Waals surface area contributed by atoms with Crippen molar-refractivity contribution in [1.82, 2.24) is 9.62 Å². The zero-order valence-corrected chi connectivity index (χ0v) is 16.6. The Bertz CT molecular complexity index is 1060. The molecule has 0 spiro atoms. The molecule has 0 radical (unpaired) electrons. The third-order valence-corrected chi connectivity index (χ3v) is 6.37. The first kappa shape index (κ1) is 21.4. The highest BCUT2D eigenvalue weighted by molar-refractivity contribution is 7.89. The average Bonchev–Trinajstić information content (AvgIpc) is 3.28. The lowest BCUT2D eigenvalue weighted by molar-refractivity contribution is -0.386. The summed E-state index contributed by atoms with van der Waals surface area (Å²) in [7, 11) is -3.84. The number of nitro groups is 1. The molecule has 1 N–H and O–H groups in total. The van der Waals surface area contributed by atoms with Crippen molar-refractivity contribution in [1.29, 1.82) is 0 Å². The van der Waals surface area contributed by atoms with Crippen molar-refractivity contribution in [3.05, 3.63) is 64.2 Å². The summed E-state index contributed by atoms with van der Waals surface area (Å²) in [6, 6.07) is 11.3. The molecule has 0 unspecified atom stereocenters. The number of amides is 2. The number of hydrogen-bond donors (Lipinski definition) is 1. The summed E-state index contributed by atoms with van der Waals surface area (Å²) < 4.78 is 31.7. The van der Waals surface area contributed by atoms with Gasteiger partial charge in [0.1, 0.15) is 0 Å². The maximum Gasteiger partial charge on any atom is 0.312 e. The molecule has 0 atom stereocenters. The van der Waals surface area contributed by atoms with Gasteiger partial charge in [-0.1, -0.05) is 18.2 Å². The van der Waals surface area contributed by atoms with E-state index in [0.717, 1.165) is 25.0 Å². The van der Waals surface area contributed by atoms with E-state index in [4.69, 9.17) is 4.74 Å². The van der Waals surface area contributed by atoms with Gasteiger partial charge in [-0.2, -0.15) is 4.31 Å². The van der Waals surface area contributed by atoms with Crippen molar-refractivity contribution in [3.8, 4) is 5.75 Å². The van der Waals surface area contributed by atoms with Gasteiger partial charge in [0.05, 0.1) is 9.82 Å². The molecule has 158 valence electrons. The molecule has 2 aromatic rings. The molecule has 10 nitrogen and oxygen atoms in total. The van der Waals surface area contributed by atoms with Gasteiger partial charge >= 0.3 is 5.69 Å². The maximum atomic E-state index is 12.6. The van der Waals surface area contributed by atoms with Gasteiger partial charge in [-0.3, -0.25) is 25.0 Å². The Hall–Kier alpha value is -3.31. The summed E-state index contributed by atoms with van der Waals surface area (Å²) >= 11 is 0. The van der Waals surface area contributed by atoms with Gasteiger partial charge in [-0.15, -0.1) is 0 Å². The fourth-order valence-corrected chi connectivity index (χ4v) is 4.51. The molecule has 0 aliphatic carbocycles. The topological polar surface area (TPSA) is 136 Å². The summed E-state index contributed by atoms with van der Waals surface area (Å²) in [5.41, 5.74) is -0.314. The number of sulfonamides is 1. The van der Waals surface area contributed by atoms with Crippen LogP contribution in [0, 0.1) is 10.1 Å². The second-order valence-corrected chi connectivity index (χ2v) is 8.47. The van der Waals surface area contributed by atoms with E-state index in [1.807, 2.05) is 0 Å². The number of carbonyl (C=O) groups is 2. The van der Waals surface area contributed by atoms with Gasteiger partial charge in [0, 0.05) is 24.7 Å². The molecule has 1 aliphatic heterocycles. The lowest BCUT2D eigenvalue weighted by Crippen LogP contribution is -2.34. The normalized spacial score (nSPS) is 14.3. The van der Waals surface area contributed by atoms with Crippen LogP contribution >= 0.6 is 0 Å². The summed E-state index contributed by atoms with van der Waals surface area (Å²) in [6.45, 7) is 0.0750. The first-order valence-corrected chi connectivity index (χ1v) is 10.5. The highest BCUT2D eigenvalue weighted by Crippen LogP contribution is 2.31. The Morgan fingerprint density at radius 2 is 1.77 bits per heavy atom. The van der Waals surface area contributed by atoms with E-state index in [-0.39, 0.29) is 16.2 Å². The fraction of sp³-hybridized carbons (Fsp3) is 0.263. The van der Waals surface area contributed by atoms with Crippen LogP contribution in [-0.2, 0) is 14.8 Å². The van der Waals surface area contributed by atoms with Crippen LogP contribution in [0.1, 0.15) is 23.2 Å². The van der Waals surface area contributed by atoms with Crippen molar-refractivity contribution < 1.29 is 27.7 Å². The Kier molecular flexibility index (Phi) is 6.43. The summed E-state index contributed by atoms with van der Waals surface area (Å²) in [5.74, 6) is -1.71. The molecule has 1 aliphatic rings. The van der Waals surface area contributed by atoms with Gasteiger partial charge < -0.3 is 4.74 Å². The molecule has 0 saturated carbocycles. The van der Waals surface area contributed by atoms with Crippen molar-refractivity contribution in [2.24, 2.45) is 0 Å². The quantitative estimate of drug-likeness (QED) is 0.518. The second kappa shape index (κ2) is 9.01. The predicted octanol–water partition coefficient (Wildman–Crippen LogP) is 1.71. The largest absolute Gasteiger partial charge is 0.477 e. The summed E-state index contributed by atoms with van der Waals surface area (Å²) in [6.07, 6.45) is 1.47. The van der Waals surface area contributed by atoms with Crippen molar-refractivity contribution in [2.75, 3.05) is 19.7 Å². The molecule has 2 amide bonds. The lowest BCUT2D eigenvalue weighted by atomic mass is 10.2. The number of nitrogens with one attached hydrogen (secondary N) is 1. The number of benzene rings is 2. The van der Waals surface area contributed by atoms with E-state index in [1.54, 1.807) is 18.2 Å². The highest BCUT2D eigenvalue weighted by atomic mass is 32.2. The average molecular weight is 433 g/mol. The Balaban J connectivity index is 1.70. The standard InChI is InChI=1S/C19H19N3O7S/c23-18(20-19(24)14-6-2-1-3-7-14)13-29-17-9-8-15(12-16(17)22(25)26)30(27,28)21-10-4-5-11-21/h1-3,6-9,12H,4-5,10-11,13H2,(H,20,23,24). The van der Waals surface area contributed by atoms with E-state index in [1.165, 1.54) is 22.5 Å². The van der Waals surface area contributed by atoms with Crippen molar-refractivity contribution >= 4 is 27.5 Å². The molecule has 2 aromatic carbocycles. The van der Waals surface area contributed by atoms with E-state index >= 15 is 0 Å². The van der Waals surface area contributed by atoms with Crippen LogP contribution in [0.25, 0.3) is 0 Å². The molecule has 3 rings (SSSR count). The Morgan fingerprint density at radius 1 is 1.10 bits per heavy atom. The molecule has 11 heteroatoms.